The molecule has 0 aromatic carbocycles. The fourth-order valence-corrected chi connectivity index (χ4v) is 2.95. The Morgan fingerprint density at radius 3 is 1.50 bits per heavy atom. The average molecular weight is 610 g/mol. The monoisotopic (exact) mass is 609 g/mol. The van der Waals surface area contributed by atoms with Crippen LogP contribution in [0.4, 0.5) is 0 Å². The second-order valence-corrected chi connectivity index (χ2v) is 8.31. The number of aliphatic hydroxyl groups is 4. The first-order valence-corrected chi connectivity index (χ1v) is 13.4. The molecule has 0 heterocycles. The molecule has 0 rings (SSSR count). The van der Waals surface area contributed by atoms with Gasteiger partial charge in [0.25, 0.3) is 5.91 Å². The molecule has 0 saturated carbocycles. The Bertz CT molecular complexity index is 736. The molecule has 42 heavy (non-hydrogen) atoms. The van der Waals surface area contributed by atoms with Crippen molar-refractivity contribution in [2.45, 2.75) is 37.3 Å². The van der Waals surface area contributed by atoms with Crippen LogP contribution in [0.15, 0.2) is 10.2 Å². The molecule has 19 nitrogen and oxygen atoms in total. The van der Waals surface area contributed by atoms with Crippen LogP contribution in [0.5, 0.6) is 0 Å². The molecule has 0 aromatic heterocycles. The molecule has 0 fully saturated rings. The summed E-state index contributed by atoms with van der Waals surface area (Å²) in [5, 5.41) is 49.0. The van der Waals surface area contributed by atoms with E-state index in [-0.39, 0.29) is 65.5 Å². The smallest absolute Gasteiger partial charge is 0.251 e. The van der Waals surface area contributed by atoms with Crippen molar-refractivity contribution in [1.82, 2.24) is 5.32 Å². The van der Waals surface area contributed by atoms with Crippen molar-refractivity contribution in [2.24, 2.45) is 10.2 Å². The first-order chi connectivity index (χ1) is 20.4. The van der Waals surface area contributed by atoms with Crippen LogP contribution in [0.1, 0.15) is 12.8 Å². The van der Waals surface area contributed by atoms with Crippen molar-refractivity contribution < 1.29 is 58.4 Å². The molecule has 0 aliphatic carbocycles. The summed E-state index contributed by atoms with van der Waals surface area (Å²) in [5.41, 5.74) is 16.2. The topological polar surface area (TPSA) is 280 Å². The largest absolute Gasteiger partial charge is 0.387 e. The second-order valence-electron chi connectivity index (χ2n) is 8.31. The summed E-state index contributed by atoms with van der Waals surface area (Å²) < 4.78 is 31.4. The Kier molecular flexibility index (Phi) is 26.7. The lowest BCUT2D eigenvalue weighted by atomic mass is 9.97. The van der Waals surface area contributed by atoms with E-state index in [9.17, 15) is 30.0 Å². The molecule has 0 saturated heterocycles. The van der Waals surface area contributed by atoms with Gasteiger partial charge in [0.1, 0.15) is 18.3 Å². The van der Waals surface area contributed by atoms with Crippen LogP contribution in [-0.2, 0) is 38.0 Å². The van der Waals surface area contributed by atoms with Crippen LogP contribution in [0, 0.1) is 0 Å². The predicted octanol–water partition coefficient (Wildman–Crippen LogP) is -1.38. The summed E-state index contributed by atoms with van der Waals surface area (Å²) in [5.74, 6) is -1.81. The number of ketones is 1. The zero-order chi connectivity index (χ0) is 31.3. The molecule has 0 aromatic rings. The Hall–Kier alpha value is -2.64. The minimum absolute atomic E-state index is 0.0135. The highest BCUT2D eigenvalue weighted by Crippen LogP contribution is 2.09. The van der Waals surface area contributed by atoms with Gasteiger partial charge in [0.05, 0.1) is 72.7 Å². The van der Waals surface area contributed by atoms with Crippen molar-refractivity contribution in [3.05, 3.63) is 20.9 Å². The third-order valence-electron chi connectivity index (χ3n) is 5.14. The van der Waals surface area contributed by atoms with E-state index in [1.165, 1.54) is 0 Å². The normalized spacial score (nSPS) is 13.8. The SMILES string of the molecule is [N-]=[N+]=NCCOCCOCCOCCCC(=O)[C@@H](O)[C@H](O)[C@H](O)[C@@H](O)C(=O)NCCOCCOCCOCCN=[N+]=[N-]. The summed E-state index contributed by atoms with van der Waals surface area (Å²) in [7, 11) is 0. The molecule has 1 amide bonds. The van der Waals surface area contributed by atoms with Crippen LogP contribution in [0.2, 0.25) is 0 Å². The second kappa shape index (κ2) is 28.5. The van der Waals surface area contributed by atoms with E-state index < -0.39 is 36.1 Å². The fourth-order valence-electron chi connectivity index (χ4n) is 2.95. The number of nitrogens with one attached hydrogen (secondary N) is 1. The van der Waals surface area contributed by atoms with Gasteiger partial charge in [-0.1, -0.05) is 10.2 Å². The number of Topliss-reactive ketones (excluding diaryl/α,β-unsaturated/α-hetero) is 1. The van der Waals surface area contributed by atoms with E-state index >= 15 is 0 Å². The summed E-state index contributed by atoms with van der Waals surface area (Å²) in [6.45, 7) is 3.69. The number of carbonyl (C=O) groups is 2. The molecule has 0 radical (unpaired) electrons. The van der Waals surface area contributed by atoms with Crippen LogP contribution in [0.25, 0.3) is 20.9 Å². The highest BCUT2D eigenvalue weighted by Gasteiger charge is 2.36. The molecular formula is C23H43N7O12. The molecule has 0 spiro atoms. The number of carbonyl (C=O) groups excluding carboxylic acids is 2. The highest BCUT2D eigenvalue weighted by molar-refractivity contribution is 5.84. The number of hydrogen-bond donors (Lipinski definition) is 5. The van der Waals surface area contributed by atoms with Gasteiger partial charge in [-0.15, -0.1) is 0 Å². The third kappa shape index (κ3) is 22.0. The highest BCUT2D eigenvalue weighted by atomic mass is 16.5. The van der Waals surface area contributed by atoms with Crippen molar-refractivity contribution in [3.63, 3.8) is 0 Å². The number of nitrogens with zero attached hydrogens (tertiary/aromatic N) is 6. The van der Waals surface area contributed by atoms with Crippen molar-refractivity contribution >= 4 is 11.7 Å². The predicted molar refractivity (Wildman–Crippen MR) is 144 cm³/mol. The van der Waals surface area contributed by atoms with Crippen LogP contribution < -0.4 is 5.32 Å². The standard InChI is InChI=1S/C23H43N7O12/c24-29-27-4-8-39-12-16-41-14-10-37-6-1-2-18(31)19(32)20(33)21(34)22(35)23(36)26-3-7-38-11-15-42-17-13-40-9-5-28-30-25/h19-22,32-35H,1-17H2,(H,26,36)/t19-,20+,21+,22-/m1/s1. The minimum atomic E-state index is -2.11. The van der Waals surface area contributed by atoms with E-state index in [0.717, 1.165) is 0 Å². The van der Waals surface area contributed by atoms with Gasteiger partial charge >= 0.3 is 0 Å². The van der Waals surface area contributed by atoms with Crippen LogP contribution in [-0.4, -0.2) is 155 Å². The van der Waals surface area contributed by atoms with Gasteiger partial charge in [-0.3, -0.25) is 9.59 Å². The maximum Gasteiger partial charge on any atom is 0.251 e. The van der Waals surface area contributed by atoms with Gasteiger partial charge in [-0.05, 0) is 17.5 Å². The Morgan fingerprint density at radius 2 is 1.02 bits per heavy atom. The van der Waals surface area contributed by atoms with Gasteiger partial charge in [0.15, 0.2) is 11.9 Å². The van der Waals surface area contributed by atoms with Gasteiger partial charge < -0.3 is 54.2 Å². The summed E-state index contributed by atoms with van der Waals surface area (Å²) in [6, 6.07) is 0. The molecule has 0 aliphatic heterocycles. The van der Waals surface area contributed by atoms with Crippen LogP contribution in [0.3, 0.4) is 0 Å². The minimum Gasteiger partial charge on any atom is -0.387 e. The lowest BCUT2D eigenvalue weighted by Gasteiger charge is -2.25. The lowest BCUT2D eigenvalue weighted by Crippen LogP contribution is -2.52. The number of azide groups is 2. The molecule has 5 N–H and O–H groups in total. The van der Waals surface area contributed by atoms with Crippen LogP contribution >= 0.6 is 0 Å². The number of amides is 1. The molecule has 19 heteroatoms. The van der Waals surface area contributed by atoms with Gasteiger partial charge in [0.2, 0.25) is 0 Å². The summed E-state index contributed by atoms with van der Waals surface area (Å²) >= 11 is 0. The van der Waals surface area contributed by atoms with E-state index in [2.05, 4.69) is 25.4 Å². The molecule has 4 atom stereocenters. The Morgan fingerprint density at radius 1 is 0.619 bits per heavy atom. The lowest BCUT2D eigenvalue weighted by molar-refractivity contribution is -0.154. The first kappa shape index (κ1) is 39.4. The molecular weight excluding hydrogens is 566 g/mol. The molecule has 0 unspecified atom stereocenters. The van der Waals surface area contributed by atoms with E-state index in [1.54, 1.807) is 0 Å². The zero-order valence-corrected chi connectivity index (χ0v) is 23.6. The number of rotatable bonds is 30. The summed E-state index contributed by atoms with van der Waals surface area (Å²) in [6.07, 6.45) is -8.24. The van der Waals surface area contributed by atoms with Gasteiger partial charge in [-0.25, -0.2) is 0 Å². The van der Waals surface area contributed by atoms with Gasteiger partial charge in [0, 0.05) is 42.5 Å². The number of hydrogen-bond acceptors (Lipinski definition) is 14. The molecule has 0 bridgehead atoms. The van der Waals surface area contributed by atoms with E-state index in [0.29, 0.717) is 46.2 Å². The fraction of sp³-hybridized carbons (Fsp3) is 0.913. The van der Waals surface area contributed by atoms with Crippen molar-refractivity contribution in [2.75, 3.05) is 98.9 Å². The number of aliphatic hydroxyl groups excluding tert-OH is 4. The quantitative estimate of drug-likeness (QED) is 0.0272. The number of ether oxygens (including phenoxy) is 6. The zero-order valence-electron chi connectivity index (χ0n) is 23.6. The Balaban J connectivity index is 3.86. The first-order valence-electron chi connectivity index (χ1n) is 13.4. The summed E-state index contributed by atoms with van der Waals surface area (Å²) in [4.78, 5) is 29.3. The van der Waals surface area contributed by atoms with Crippen molar-refractivity contribution in [1.29, 1.82) is 0 Å². The molecule has 0 aliphatic rings. The molecule has 242 valence electrons. The maximum absolute atomic E-state index is 12.1. The average Bonchev–Trinajstić information content (AvgIpc) is 2.99. The van der Waals surface area contributed by atoms with E-state index in [4.69, 9.17) is 39.5 Å². The maximum atomic E-state index is 12.1. The Labute approximate surface area is 243 Å². The van der Waals surface area contributed by atoms with E-state index in [1.807, 2.05) is 0 Å². The third-order valence-corrected chi connectivity index (χ3v) is 5.14. The van der Waals surface area contributed by atoms with Gasteiger partial charge in [-0.2, -0.15) is 0 Å². The van der Waals surface area contributed by atoms with Crippen molar-refractivity contribution in [3.8, 4) is 0 Å².